The summed E-state index contributed by atoms with van der Waals surface area (Å²) in [4.78, 5) is 26.1. The van der Waals surface area contributed by atoms with E-state index in [1.54, 1.807) is 17.0 Å². The largest absolute Gasteiger partial charge is 0.328 e. The number of fused-ring (bicyclic) bond motifs is 1. The van der Waals surface area contributed by atoms with E-state index >= 15 is 0 Å². The number of carbonyl (C=O) groups excluding carboxylic acids is 2. The molecule has 1 aliphatic heterocycles. The molecule has 3 rings (SSSR count). The number of hydrogen-bond acceptors (Lipinski definition) is 3. The first-order valence-electron chi connectivity index (χ1n) is 6.00. The number of anilines is 1. The number of nitrogens with zero attached hydrogens (tertiary/aromatic N) is 1. The molecule has 0 saturated heterocycles. The lowest BCUT2D eigenvalue weighted by Crippen LogP contribution is -2.41. The van der Waals surface area contributed by atoms with E-state index in [2.05, 4.69) is 5.32 Å². The van der Waals surface area contributed by atoms with Gasteiger partial charge in [-0.25, -0.2) is 4.79 Å². The van der Waals surface area contributed by atoms with Crippen molar-refractivity contribution in [3.8, 4) is 0 Å². The molecule has 4 nitrogen and oxygen atoms in total. The number of rotatable bonds is 1. The molecule has 5 heteroatoms. The van der Waals surface area contributed by atoms with Gasteiger partial charge in [0.1, 0.15) is 0 Å². The molecule has 0 spiro atoms. The molecule has 1 aliphatic rings. The van der Waals surface area contributed by atoms with Gasteiger partial charge in [-0.15, -0.1) is 11.3 Å². The van der Waals surface area contributed by atoms with E-state index in [0.717, 1.165) is 17.7 Å². The molecule has 0 bridgehead atoms. The maximum Gasteiger partial charge on any atom is 0.328 e. The van der Waals surface area contributed by atoms with E-state index in [0.29, 0.717) is 11.4 Å². The van der Waals surface area contributed by atoms with Crippen molar-refractivity contribution in [2.24, 2.45) is 0 Å². The SMILES string of the molecule is O=C(NC(=O)N1CCc2ccccc21)c1cccs1. The predicted octanol–water partition coefficient (Wildman–Crippen LogP) is 2.66. The van der Waals surface area contributed by atoms with Crippen LogP contribution in [0, 0.1) is 0 Å². The number of hydrogen-bond donors (Lipinski definition) is 1. The summed E-state index contributed by atoms with van der Waals surface area (Å²) in [6.45, 7) is 0.614. The zero-order chi connectivity index (χ0) is 13.2. The minimum Gasteiger partial charge on any atom is -0.294 e. The fraction of sp³-hybridized carbons (Fsp3) is 0.143. The first-order valence-corrected chi connectivity index (χ1v) is 6.88. The molecule has 0 unspecified atom stereocenters. The number of imide groups is 1. The van der Waals surface area contributed by atoms with Crippen molar-refractivity contribution >= 4 is 29.0 Å². The van der Waals surface area contributed by atoms with Gasteiger partial charge in [0.25, 0.3) is 5.91 Å². The Balaban J connectivity index is 1.74. The highest BCUT2D eigenvalue weighted by atomic mass is 32.1. The lowest BCUT2D eigenvalue weighted by Gasteiger charge is -2.17. The van der Waals surface area contributed by atoms with Crippen LogP contribution in [0.3, 0.4) is 0 Å². The summed E-state index contributed by atoms with van der Waals surface area (Å²) in [6, 6.07) is 10.9. The molecule has 1 N–H and O–H groups in total. The van der Waals surface area contributed by atoms with Crippen LogP contribution in [0.4, 0.5) is 10.5 Å². The zero-order valence-corrected chi connectivity index (χ0v) is 10.9. The number of amides is 3. The number of para-hydroxylation sites is 1. The Kier molecular flexibility index (Phi) is 3.05. The number of carbonyl (C=O) groups is 2. The third-order valence-electron chi connectivity index (χ3n) is 3.10. The van der Waals surface area contributed by atoms with E-state index in [-0.39, 0.29) is 11.9 Å². The van der Waals surface area contributed by atoms with Crippen molar-refractivity contribution in [3.05, 3.63) is 52.2 Å². The molecule has 1 aromatic carbocycles. The van der Waals surface area contributed by atoms with Crippen molar-refractivity contribution in [1.29, 1.82) is 0 Å². The van der Waals surface area contributed by atoms with Crippen LogP contribution in [0.5, 0.6) is 0 Å². The van der Waals surface area contributed by atoms with Crippen LogP contribution in [-0.4, -0.2) is 18.5 Å². The van der Waals surface area contributed by atoms with Gasteiger partial charge in [-0.2, -0.15) is 0 Å². The fourth-order valence-corrected chi connectivity index (χ4v) is 2.80. The molecule has 0 radical (unpaired) electrons. The summed E-state index contributed by atoms with van der Waals surface area (Å²) in [6.07, 6.45) is 0.830. The van der Waals surface area contributed by atoms with Gasteiger partial charge >= 0.3 is 6.03 Å². The average molecular weight is 272 g/mol. The molecule has 96 valence electrons. The Morgan fingerprint density at radius 3 is 2.79 bits per heavy atom. The van der Waals surface area contributed by atoms with E-state index in [9.17, 15) is 9.59 Å². The second-order valence-corrected chi connectivity index (χ2v) is 5.21. The molecule has 1 aromatic heterocycles. The van der Waals surface area contributed by atoms with Gasteiger partial charge in [0, 0.05) is 12.2 Å². The van der Waals surface area contributed by atoms with Crippen molar-refractivity contribution < 1.29 is 9.59 Å². The maximum atomic E-state index is 12.1. The maximum absolute atomic E-state index is 12.1. The van der Waals surface area contributed by atoms with Gasteiger partial charge in [-0.3, -0.25) is 15.0 Å². The van der Waals surface area contributed by atoms with Crippen molar-refractivity contribution in [3.63, 3.8) is 0 Å². The smallest absolute Gasteiger partial charge is 0.294 e. The van der Waals surface area contributed by atoms with E-state index in [4.69, 9.17) is 0 Å². The van der Waals surface area contributed by atoms with Crippen molar-refractivity contribution in [2.75, 3.05) is 11.4 Å². The minimum absolute atomic E-state index is 0.343. The molecule has 3 amide bonds. The molecule has 19 heavy (non-hydrogen) atoms. The van der Waals surface area contributed by atoms with Crippen LogP contribution in [0.2, 0.25) is 0 Å². The summed E-state index contributed by atoms with van der Waals surface area (Å²) >= 11 is 1.32. The lowest BCUT2D eigenvalue weighted by atomic mass is 10.2. The third-order valence-corrected chi connectivity index (χ3v) is 3.97. The summed E-state index contributed by atoms with van der Waals surface area (Å²) < 4.78 is 0. The Hall–Kier alpha value is -2.14. The van der Waals surface area contributed by atoms with Crippen LogP contribution in [0.1, 0.15) is 15.2 Å². The van der Waals surface area contributed by atoms with Crippen LogP contribution in [0.25, 0.3) is 0 Å². The van der Waals surface area contributed by atoms with Gasteiger partial charge in [0.2, 0.25) is 0 Å². The van der Waals surface area contributed by atoms with Gasteiger partial charge < -0.3 is 0 Å². The summed E-state index contributed by atoms with van der Waals surface area (Å²) in [7, 11) is 0. The zero-order valence-electron chi connectivity index (χ0n) is 10.1. The molecule has 0 aliphatic carbocycles. The number of benzene rings is 1. The Labute approximate surface area is 114 Å². The lowest BCUT2D eigenvalue weighted by molar-refractivity contribution is 0.0969. The number of urea groups is 1. The normalized spacial score (nSPS) is 13.2. The molecule has 0 atom stereocenters. The second-order valence-electron chi connectivity index (χ2n) is 4.27. The standard InChI is InChI=1S/C14H12N2O2S/c17-13(12-6-3-9-19-12)15-14(18)16-8-7-10-4-1-2-5-11(10)16/h1-6,9H,7-8H2,(H,15,17,18). The van der Waals surface area contributed by atoms with E-state index < -0.39 is 0 Å². The quantitative estimate of drug-likeness (QED) is 0.867. The van der Waals surface area contributed by atoms with Crippen molar-refractivity contribution in [1.82, 2.24) is 5.32 Å². The topological polar surface area (TPSA) is 49.4 Å². The van der Waals surface area contributed by atoms with Crippen LogP contribution in [0.15, 0.2) is 41.8 Å². The minimum atomic E-state index is -0.358. The van der Waals surface area contributed by atoms with Crippen LogP contribution < -0.4 is 10.2 Å². The molecule has 0 fully saturated rings. The monoisotopic (exact) mass is 272 g/mol. The van der Waals surface area contributed by atoms with Crippen LogP contribution >= 0.6 is 11.3 Å². The number of thiophene rings is 1. The molecule has 2 heterocycles. The Morgan fingerprint density at radius 1 is 1.16 bits per heavy atom. The van der Waals surface area contributed by atoms with Gasteiger partial charge in [0.15, 0.2) is 0 Å². The first-order chi connectivity index (χ1) is 9.25. The van der Waals surface area contributed by atoms with Gasteiger partial charge in [0.05, 0.1) is 4.88 Å². The first kappa shape index (κ1) is 11.9. The Bertz CT molecular complexity index is 622. The molecule has 0 saturated carbocycles. The molecular formula is C14H12N2O2S. The molecular weight excluding hydrogens is 260 g/mol. The van der Waals surface area contributed by atoms with E-state index in [1.807, 2.05) is 29.6 Å². The summed E-state index contributed by atoms with van der Waals surface area (Å²) in [5.74, 6) is -0.343. The highest BCUT2D eigenvalue weighted by Gasteiger charge is 2.25. The van der Waals surface area contributed by atoms with Crippen molar-refractivity contribution in [2.45, 2.75) is 6.42 Å². The summed E-state index contributed by atoms with van der Waals surface area (Å²) in [5.41, 5.74) is 2.03. The van der Waals surface area contributed by atoms with E-state index in [1.165, 1.54) is 11.3 Å². The summed E-state index contributed by atoms with van der Waals surface area (Å²) in [5, 5.41) is 4.23. The Morgan fingerprint density at radius 2 is 2.00 bits per heavy atom. The van der Waals surface area contributed by atoms with Gasteiger partial charge in [-0.1, -0.05) is 24.3 Å². The fourth-order valence-electron chi connectivity index (χ4n) is 2.18. The van der Waals surface area contributed by atoms with Crippen LogP contribution in [-0.2, 0) is 6.42 Å². The highest BCUT2D eigenvalue weighted by molar-refractivity contribution is 7.12. The average Bonchev–Trinajstić information content (AvgIpc) is 3.08. The second kappa shape index (κ2) is 4.85. The highest BCUT2D eigenvalue weighted by Crippen LogP contribution is 2.27. The van der Waals surface area contributed by atoms with Gasteiger partial charge in [-0.05, 0) is 29.5 Å². The molecule has 2 aromatic rings. The number of nitrogens with one attached hydrogen (secondary N) is 1. The third kappa shape index (κ3) is 2.24. The predicted molar refractivity (Wildman–Crippen MR) is 74.7 cm³/mol.